The minimum absolute atomic E-state index is 0.0173. The van der Waals surface area contributed by atoms with Crippen LogP contribution in [0.3, 0.4) is 0 Å². The lowest BCUT2D eigenvalue weighted by Crippen LogP contribution is -2.42. The van der Waals surface area contributed by atoms with Crippen LogP contribution in [0.4, 0.5) is 4.39 Å². The summed E-state index contributed by atoms with van der Waals surface area (Å²) in [6, 6.07) is 4.84. The summed E-state index contributed by atoms with van der Waals surface area (Å²) >= 11 is 0. The van der Waals surface area contributed by atoms with Crippen molar-refractivity contribution in [1.29, 1.82) is 0 Å². The van der Waals surface area contributed by atoms with E-state index < -0.39 is 11.7 Å². The highest BCUT2D eigenvalue weighted by molar-refractivity contribution is 5.94. The van der Waals surface area contributed by atoms with Gasteiger partial charge in [-0.15, -0.1) is 0 Å². The quantitative estimate of drug-likeness (QED) is 0.928. The highest BCUT2D eigenvalue weighted by atomic mass is 19.1. The SMILES string of the molecule is CC(=O)N1CCCC1CNC(=O)c1cc(C2(C)CC2)ccc1F. The molecule has 2 amide bonds. The van der Waals surface area contributed by atoms with Gasteiger partial charge in [-0.1, -0.05) is 13.0 Å². The van der Waals surface area contributed by atoms with Gasteiger partial charge in [-0.25, -0.2) is 4.39 Å². The van der Waals surface area contributed by atoms with Crippen LogP contribution in [-0.4, -0.2) is 35.8 Å². The van der Waals surface area contributed by atoms with E-state index in [1.807, 2.05) is 0 Å². The van der Waals surface area contributed by atoms with Gasteiger partial charge >= 0.3 is 0 Å². The molecule has 1 aromatic carbocycles. The van der Waals surface area contributed by atoms with E-state index in [2.05, 4.69) is 12.2 Å². The van der Waals surface area contributed by atoms with Gasteiger partial charge in [0.25, 0.3) is 5.91 Å². The average molecular weight is 318 g/mol. The summed E-state index contributed by atoms with van der Waals surface area (Å²) in [5.41, 5.74) is 1.22. The summed E-state index contributed by atoms with van der Waals surface area (Å²) in [5.74, 6) is -0.870. The van der Waals surface area contributed by atoms with E-state index >= 15 is 0 Å². The molecule has 1 atom stereocenters. The van der Waals surface area contributed by atoms with Crippen LogP contribution in [-0.2, 0) is 10.2 Å². The Bertz CT molecular complexity index is 640. The summed E-state index contributed by atoms with van der Waals surface area (Å²) in [6.45, 7) is 4.78. The smallest absolute Gasteiger partial charge is 0.254 e. The second kappa shape index (κ2) is 5.95. The molecule has 5 heteroatoms. The third-order valence-corrected chi connectivity index (χ3v) is 5.19. The molecule has 3 rings (SSSR count). The zero-order valence-corrected chi connectivity index (χ0v) is 13.7. The number of carbonyl (C=O) groups excluding carboxylic acids is 2. The Morgan fingerprint density at radius 2 is 2.13 bits per heavy atom. The molecule has 124 valence electrons. The zero-order chi connectivity index (χ0) is 16.6. The molecule has 4 nitrogen and oxygen atoms in total. The van der Waals surface area contributed by atoms with Crippen LogP contribution in [0.1, 0.15) is 55.5 Å². The predicted molar refractivity (Wildman–Crippen MR) is 85.7 cm³/mol. The fourth-order valence-corrected chi connectivity index (χ4v) is 3.32. The van der Waals surface area contributed by atoms with E-state index in [0.717, 1.165) is 37.8 Å². The van der Waals surface area contributed by atoms with Crippen LogP contribution in [0.25, 0.3) is 0 Å². The number of likely N-dealkylation sites (tertiary alicyclic amines) is 1. The normalized spacial score (nSPS) is 22.0. The van der Waals surface area contributed by atoms with Gasteiger partial charge in [0.2, 0.25) is 5.91 Å². The first-order valence-corrected chi connectivity index (χ1v) is 8.26. The number of carbonyl (C=O) groups is 2. The van der Waals surface area contributed by atoms with Crippen molar-refractivity contribution in [3.63, 3.8) is 0 Å². The molecule has 2 aliphatic rings. The maximum atomic E-state index is 14.0. The first-order valence-electron chi connectivity index (χ1n) is 8.26. The number of amides is 2. The second-order valence-corrected chi connectivity index (χ2v) is 6.97. The standard InChI is InChI=1S/C18H23FN2O2/c1-12(22)21-9-3-4-14(21)11-20-17(23)15-10-13(5-6-16(15)19)18(2)7-8-18/h5-6,10,14H,3-4,7-9,11H2,1-2H3,(H,20,23). The molecule has 1 saturated carbocycles. The number of halogens is 1. The van der Waals surface area contributed by atoms with Gasteiger partial charge in [0, 0.05) is 26.1 Å². The van der Waals surface area contributed by atoms with Crippen LogP contribution >= 0.6 is 0 Å². The predicted octanol–water partition coefficient (Wildman–Crippen LogP) is 2.62. The van der Waals surface area contributed by atoms with Crippen LogP contribution in [0.5, 0.6) is 0 Å². The van der Waals surface area contributed by atoms with E-state index in [1.165, 1.54) is 6.07 Å². The Morgan fingerprint density at radius 1 is 1.39 bits per heavy atom. The first-order chi connectivity index (χ1) is 10.9. The van der Waals surface area contributed by atoms with E-state index in [-0.39, 0.29) is 22.9 Å². The molecule has 1 aliphatic heterocycles. The monoisotopic (exact) mass is 318 g/mol. The third-order valence-electron chi connectivity index (χ3n) is 5.19. The molecule has 2 fully saturated rings. The Hall–Kier alpha value is -1.91. The molecule has 0 radical (unpaired) electrons. The molecule has 0 aromatic heterocycles. The molecule has 1 aromatic rings. The van der Waals surface area contributed by atoms with E-state index in [4.69, 9.17) is 0 Å². The fourth-order valence-electron chi connectivity index (χ4n) is 3.32. The summed E-state index contributed by atoms with van der Waals surface area (Å²) in [6.07, 6.45) is 3.98. The number of hydrogen-bond acceptors (Lipinski definition) is 2. The van der Waals surface area contributed by atoms with E-state index in [9.17, 15) is 14.0 Å². The largest absolute Gasteiger partial charge is 0.350 e. The fraction of sp³-hybridized carbons (Fsp3) is 0.556. The Kier molecular flexibility index (Phi) is 4.13. The van der Waals surface area contributed by atoms with Gasteiger partial charge in [0.1, 0.15) is 5.82 Å². The van der Waals surface area contributed by atoms with Crippen LogP contribution in [0.2, 0.25) is 0 Å². The van der Waals surface area contributed by atoms with Crippen LogP contribution < -0.4 is 5.32 Å². The number of rotatable bonds is 4. The average Bonchev–Trinajstić information content (AvgIpc) is 3.09. The van der Waals surface area contributed by atoms with Crippen LogP contribution in [0.15, 0.2) is 18.2 Å². The van der Waals surface area contributed by atoms with Crippen molar-refractivity contribution >= 4 is 11.8 Å². The molecule has 1 heterocycles. The lowest BCUT2D eigenvalue weighted by Gasteiger charge is -2.23. The lowest BCUT2D eigenvalue weighted by molar-refractivity contribution is -0.129. The van der Waals surface area contributed by atoms with Crippen molar-refractivity contribution in [2.75, 3.05) is 13.1 Å². The number of nitrogens with zero attached hydrogens (tertiary/aromatic N) is 1. The molecule has 1 unspecified atom stereocenters. The first kappa shape index (κ1) is 16.0. The van der Waals surface area contributed by atoms with Crippen LogP contribution in [0, 0.1) is 5.82 Å². The van der Waals surface area contributed by atoms with Crippen molar-refractivity contribution in [2.24, 2.45) is 0 Å². The second-order valence-electron chi connectivity index (χ2n) is 6.97. The third kappa shape index (κ3) is 3.23. The Labute approximate surface area is 136 Å². The maximum Gasteiger partial charge on any atom is 0.254 e. The Balaban J connectivity index is 1.67. The molecule has 1 aliphatic carbocycles. The van der Waals surface area contributed by atoms with Crippen molar-refractivity contribution in [3.05, 3.63) is 35.1 Å². The van der Waals surface area contributed by atoms with Crippen molar-refractivity contribution < 1.29 is 14.0 Å². The molecule has 23 heavy (non-hydrogen) atoms. The van der Waals surface area contributed by atoms with Crippen molar-refractivity contribution in [3.8, 4) is 0 Å². The highest BCUT2D eigenvalue weighted by Crippen LogP contribution is 2.47. The van der Waals surface area contributed by atoms with E-state index in [0.29, 0.717) is 6.54 Å². The van der Waals surface area contributed by atoms with Gasteiger partial charge in [-0.05, 0) is 48.8 Å². The molecule has 1 N–H and O–H groups in total. The molecule has 0 bridgehead atoms. The molecule has 0 spiro atoms. The number of benzene rings is 1. The topological polar surface area (TPSA) is 49.4 Å². The summed E-state index contributed by atoms with van der Waals surface area (Å²) in [7, 11) is 0. The summed E-state index contributed by atoms with van der Waals surface area (Å²) < 4.78 is 14.0. The highest BCUT2D eigenvalue weighted by Gasteiger charge is 2.39. The van der Waals surface area contributed by atoms with E-state index in [1.54, 1.807) is 24.0 Å². The number of hydrogen-bond donors (Lipinski definition) is 1. The molecule has 1 saturated heterocycles. The van der Waals surface area contributed by atoms with Gasteiger partial charge < -0.3 is 10.2 Å². The summed E-state index contributed by atoms with van der Waals surface area (Å²) in [4.78, 5) is 25.7. The van der Waals surface area contributed by atoms with Crippen molar-refractivity contribution in [2.45, 2.75) is 51.0 Å². The zero-order valence-electron chi connectivity index (χ0n) is 13.7. The van der Waals surface area contributed by atoms with Gasteiger partial charge in [-0.3, -0.25) is 9.59 Å². The van der Waals surface area contributed by atoms with Gasteiger partial charge in [-0.2, -0.15) is 0 Å². The molecular formula is C18H23FN2O2. The van der Waals surface area contributed by atoms with Gasteiger partial charge in [0.15, 0.2) is 0 Å². The minimum atomic E-state index is -0.495. The minimum Gasteiger partial charge on any atom is -0.350 e. The Morgan fingerprint density at radius 3 is 2.78 bits per heavy atom. The van der Waals surface area contributed by atoms with Crippen molar-refractivity contribution in [1.82, 2.24) is 10.2 Å². The molecular weight excluding hydrogens is 295 g/mol. The lowest BCUT2D eigenvalue weighted by atomic mass is 9.96. The maximum absolute atomic E-state index is 14.0. The number of nitrogens with one attached hydrogen (secondary N) is 1. The van der Waals surface area contributed by atoms with Gasteiger partial charge in [0.05, 0.1) is 5.56 Å². The summed E-state index contributed by atoms with van der Waals surface area (Å²) in [5, 5.41) is 2.79.